The van der Waals surface area contributed by atoms with Gasteiger partial charge in [0.15, 0.2) is 5.76 Å². The van der Waals surface area contributed by atoms with Crippen LogP contribution in [0.15, 0.2) is 23.6 Å². The van der Waals surface area contributed by atoms with Crippen LogP contribution in [0.25, 0.3) is 5.76 Å². The van der Waals surface area contributed by atoms with E-state index >= 15 is 0 Å². The largest absolute Gasteiger partial charge is 0.407 e. The Kier molecular flexibility index (Phi) is 1.45. The Balaban J connectivity index is 2.28. The first kappa shape index (κ1) is 5.95. The Morgan fingerprint density at radius 2 is 2.60 bits per heavy atom. The fraction of sp³-hybridized carbons (Fsp3) is 0.143. The first-order valence-corrected chi connectivity index (χ1v) is 3.98. The topological polar surface area (TPSA) is 21.3 Å². The highest BCUT2D eigenvalue weighted by molar-refractivity contribution is 7.11. The van der Waals surface area contributed by atoms with Crippen LogP contribution in [0.3, 0.4) is 0 Å². The predicted molar refractivity (Wildman–Crippen MR) is 41.4 cm³/mol. The predicted octanol–water partition coefficient (Wildman–Crippen LogP) is 1.62. The van der Waals surface area contributed by atoms with Crippen molar-refractivity contribution in [2.45, 2.75) is 0 Å². The molecule has 2 rings (SSSR count). The van der Waals surface area contributed by atoms with Gasteiger partial charge in [-0.25, -0.2) is 0 Å². The minimum absolute atomic E-state index is 0.813. The summed E-state index contributed by atoms with van der Waals surface area (Å²) in [5.74, 6) is 0.954. The van der Waals surface area contributed by atoms with E-state index in [4.69, 9.17) is 4.84 Å². The maximum absolute atomic E-state index is 5.12. The van der Waals surface area contributed by atoms with Crippen molar-refractivity contribution >= 4 is 17.1 Å². The zero-order valence-electron chi connectivity index (χ0n) is 5.33. The molecule has 0 atom stereocenters. The molecule has 0 aromatic carbocycles. The quantitative estimate of drug-likeness (QED) is 0.662. The summed E-state index contributed by atoms with van der Waals surface area (Å²) in [4.78, 5) is 6.30. The molecule has 1 aromatic heterocycles. The first-order valence-electron chi connectivity index (χ1n) is 3.10. The summed E-state index contributed by atoms with van der Waals surface area (Å²) in [6, 6.07) is 4.06. The lowest BCUT2D eigenvalue weighted by molar-refractivity contribution is 0.191. The number of nitrogens with one attached hydrogen (secondary N) is 1. The van der Waals surface area contributed by atoms with Crippen LogP contribution in [0.1, 0.15) is 4.88 Å². The van der Waals surface area contributed by atoms with E-state index in [1.807, 2.05) is 23.6 Å². The molecule has 0 spiro atoms. The van der Waals surface area contributed by atoms with Gasteiger partial charge in [0.2, 0.25) is 0 Å². The van der Waals surface area contributed by atoms with Crippen LogP contribution in [0, 0.1) is 0 Å². The molecule has 0 bridgehead atoms. The standard InChI is InChI=1S/C7H7NOS/c1-2-7(10-5-1)6-3-4-8-9-6/h1-3,5,8H,4H2. The summed E-state index contributed by atoms with van der Waals surface area (Å²) in [7, 11) is 0. The number of thiophene rings is 1. The summed E-state index contributed by atoms with van der Waals surface area (Å²) in [5.41, 5.74) is 2.77. The minimum atomic E-state index is 0.813. The SMILES string of the molecule is C1=C(c2cccs2)ONC1. The Hall–Kier alpha value is -0.800. The number of rotatable bonds is 1. The smallest absolute Gasteiger partial charge is 0.161 e. The van der Waals surface area contributed by atoms with E-state index in [1.165, 1.54) is 4.88 Å². The monoisotopic (exact) mass is 153 g/mol. The lowest BCUT2D eigenvalue weighted by Crippen LogP contribution is -2.03. The number of hydrogen-bond acceptors (Lipinski definition) is 3. The molecule has 52 valence electrons. The highest BCUT2D eigenvalue weighted by atomic mass is 32.1. The van der Waals surface area contributed by atoms with Gasteiger partial charge < -0.3 is 4.84 Å². The van der Waals surface area contributed by atoms with Gasteiger partial charge in [-0.15, -0.1) is 11.3 Å². The fourth-order valence-electron chi connectivity index (χ4n) is 0.865. The van der Waals surface area contributed by atoms with Gasteiger partial charge in [-0.3, -0.25) is 0 Å². The third-order valence-corrected chi connectivity index (χ3v) is 2.20. The van der Waals surface area contributed by atoms with Crippen molar-refractivity contribution in [3.05, 3.63) is 28.5 Å². The third-order valence-electron chi connectivity index (χ3n) is 1.32. The lowest BCUT2D eigenvalue weighted by Gasteiger charge is -1.96. The Morgan fingerprint density at radius 3 is 3.20 bits per heavy atom. The summed E-state index contributed by atoms with van der Waals surface area (Å²) in [5, 5.41) is 2.04. The Bertz CT molecular complexity index is 240. The second-order valence-corrected chi connectivity index (χ2v) is 2.94. The zero-order valence-corrected chi connectivity index (χ0v) is 6.15. The molecule has 3 heteroatoms. The number of hydroxylamine groups is 1. The molecular weight excluding hydrogens is 146 g/mol. The maximum atomic E-state index is 5.12. The molecule has 1 aliphatic rings. The molecule has 0 fully saturated rings. The third kappa shape index (κ3) is 0.936. The van der Waals surface area contributed by atoms with E-state index in [0.717, 1.165) is 12.3 Å². The van der Waals surface area contributed by atoms with Crippen molar-refractivity contribution in [1.82, 2.24) is 5.48 Å². The molecule has 0 unspecified atom stereocenters. The van der Waals surface area contributed by atoms with E-state index in [2.05, 4.69) is 5.48 Å². The summed E-state index contributed by atoms with van der Waals surface area (Å²) in [6.45, 7) is 0.813. The van der Waals surface area contributed by atoms with Crippen LogP contribution in [0.5, 0.6) is 0 Å². The van der Waals surface area contributed by atoms with Gasteiger partial charge in [-0.2, -0.15) is 5.48 Å². The van der Waals surface area contributed by atoms with Gasteiger partial charge in [0.05, 0.1) is 11.4 Å². The molecular formula is C7H7NOS. The van der Waals surface area contributed by atoms with E-state index in [1.54, 1.807) is 11.3 Å². The summed E-state index contributed by atoms with van der Waals surface area (Å²) < 4.78 is 0. The lowest BCUT2D eigenvalue weighted by atomic mass is 10.4. The van der Waals surface area contributed by atoms with Crippen molar-refractivity contribution in [3.8, 4) is 0 Å². The molecule has 0 amide bonds. The van der Waals surface area contributed by atoms with Gasteiger partial charge in [-0.1, -0.05) is 6.07 Å². The molecule has 0 radical (unpaired) electrons. The number of hydrogen-bond donors (Lipinski definition) is 1. The van der Waals surface area contributed by atoms with Gasteiger partial charge in [0.25, 0.3) is 0 Å². The highest BCUT2D eigenvalue weighted by Gasteiger charge is 2.07. The fourth-order valence-corrected chi connectivity index (χ4v) is 1.57. The first-order chi connectivity index (χ1) is 4.97. The van der Waals surface area contributed by atoms with Crippen LogP contribution in [-0.2, 0) is 4.84 Å². The second-order valence-electron chi connectivity index (χ2n) is 2.00. The molecule has 2 heterocycles. The van der Waals surface area contributed by atoms with Crippen LogP contribution in [0.4, 0.5) is 0 Å². The van der Waals surface area contributed by atoms with E-state index in [0.29, 0.717) is 0 Å². The molecule has 1 aliphatic heterocycles. The van der Waals surface area contributed by atoms with Crippen LogP contribution in [0.2, 0.25) is 0 Å². The Labute approximate surface area is 63.1 Å². The average molecular weight is 153 g/mol. The van der Waals surface area contributed by atoms with Crippen LogP contribution >= 0.6 is 11.3 Å². The van der Waals surface area contributed by atoms with Crippen molar-refractivity contribution < 1.29 is 4.84 Å². The average Bonchev–Trinajstić information content (AvgIpc) is 2.59. The second kappa shape index (κ2) is 2.44. The van der Waals surface area contributed by atoms with Gasteiger partial charge >= 0.3 is 0 Å². The molecule has 0 aliphatic carbocycles. The maximum Gasteiger partial charge on any atom is 0.161 e. The summed E-state index contributed by atoms with van der Waals surface area (Å²) in [6.07, 6.45) is 2.03. The van der Waals surface area contributed by atoms with E-state index < -0.39 is 0 Å². The highest BCUT2D eigenvalue weighted by Crippen LogP contribution is 2.21. The van der Waals surface area contributed by atoms with Gasteiger partial charge in [-0.05, 0) is 17.5 Å². The van der Waals surface area contributed by atoms with Crippen molar-refractivity contribution in [2.75, 3.05) is 6.54 Å². The van der Waals surface area contributed by atoms with Gasteiger partial charge in [0, 0.05) is 0 Å². The molecule has 0 saturated heterocycles. The Morgan fingerprint density at radius 1 is 1.60 bits per heavy atom. The summed E-state index contributed by atoms with van der Waals surface area (Å²) >= 11 is 1.69. The van der Waals surface area contributed by atoms with E-state index in [9.17, 15) is 0 Å². The van der Waals surface area contributed by atoms with Crippen molar-refractivity contribution in [3.63, 3.8) is 0 Å². The molecule has 1 aromatic rings. The minimum Gasteiger partial charge on any atom is -0.407 e. The van der Waals surface area contributed by atoms with Crippen LogP contribution in [-0.4, -0.2) is 6.54 Å². The van der Waals surface area contributed by atoms with Crippen molar-refractivity contribution in [1.29, 1.82) is 0 Å². The van der Waals surface area contributed by atoms with Gasteiger partial charge in [0.1, 0.15) is 0 Å². The molecule has 1 N–H and O–H groups in total. The zero-order chi connectivity index (χ0) is 6.81. The van der Waals surface area contributed by atoms with Crippen molar-refractivity contribution in [2.24, 2.45) is 0 Å². The normalized spacial score (nSPS) is 16.6. The molecule has 2 nitrogen and oxygen atoms in total. The van der Waals surface area contributed by atoms with E-state index in [-0.39, 0.29) is 0 Å². The van der Waals surface area contributed by atoms with Crippen LogP contribution < -0.4 is 5.48 Å². The molecule has 10 heavy (non-hydrogen) atoms. The molecule has 0 saturated carbocycles.